The van der Waals surface area contributed by atoms with Gasteiger partial charge in [-0.2, -0.15) is 0 Å². The Morgan fingerprint density at radius 3 is 2.80 bits per heavy atom. The van der Waals surface area contributed by atoms with Gasteiger partial charge in [0.2, 0.25) is 0 Å². The molecular formula is C23H23FN4O2. The lowest BCUT2D eigenvalue weighted by molar-refractivity contribution is 0.0705. The molecule has 3 heterocycles. The van der Waals surface area contributed by atoms with Gasteiger partial charge in [0.25, 0.3) is 5.91 Å². The zero-order valence-corrected chi connectivity index (χ0v) is 16.8. The van der Waals surface area contributed by atoms with E-state index in [2.05, 4.69) is 10.1 Å². The molecule has 0 spiro atoms. The van der Waals surface area contributed by atoms with Crippen molar-refractivity contribution in [1.82, 2.24) is 20.0 Å². The van der Waals surface area contributed by atoms with Crippen LogP contribution in [0.5, 0.6) is 0 Å². The molecule has 7 heteroatoms. The average molecular weight is 406 g/mol. The van der Waals surface area contributed by atoms with Crippen LogP contribution >= 0.6 is 0 Å². The molecule has 1 atom stereocenters. The predicted octanol–water partition coefficient (Wildman–Crippen LogP) is 4.48. The maximum atomic E-state index is 13.6. The van der Waals surface area contributed by atoms with Gasteiger partial charge in [-0.1, -0.05) is 11.2 Å². The van der Waals surface area contributed by atoms with Crippen molar-refractivity contribution in [3.05, 3.63) is 65.1 Å². The summed E-state index contributed by atoms with van der Waals surface area (Å²) in [4.78, 5) is 24.3. The largest absolute Gasteiger partial charge is 0.356 e. The van der Waals surface area contributed by atoms with Gasteiger partial charge in [0.05, 0.1) is 17.0 Å². The van der Waals surface area contributed by atoms with Gasteiger partial charge < -0.3 is 9.42 Å². The van der Waals surface area contributed by atoms with Crippen LogP contribution in [0.4, 0.5) is 4.39 Å². The number of hydrogen-bond acceptors (Lipinski definition) is 5. The van der Waals surface area contributed by atoms with Crippen molar-refractivity contribution in [2.24, 2.45) is 0 Å². The van der Waals surface area contributed by atoms with Crippen LogP contribution in [-0.4, -0.2) is 39.0 Å². The molecule has 1 aliphatic carbocycles. The number of aryl methyl sites for hydroxylation is 1. The van der Waals surface area contributed by atoms with Crippen LogP contribution in [0, 0.1) is 12.7 Å². The van der Waals surface area contributed by atoms with Gasteiger partial charge in [-0.15, -0.1) is 0 Å². The number of benzene rings is 1. The molecule has 2 aliphatic rings. The second kappa shape index (κ2) is 7.63. The Kier molecular flexibility index (Phi) is 4.81. The number of amides is 1. The van der Waals surface area contributed by atoms with Crippen molar-refractivity contribution in [2.75, 3.05) is 13.1 Å². The first-order chi connectivity index (χ1) is 14.6. The molecule has 1 aromatic carbocycles. The number of carbonyl (C=O) groups excluding carboxylic acids is 1. The van der Waals surface area contributed by atoms with Crippen LogP contribution in [0.25, 0.3) is 11.3 Å². The quantitative estimate of drug-likeness (QED) is 0.639. The third-order valence-corrected chi connectivity index (χ3v) is 5.84. The number of piperidine rings is 1. The van der Waals surface area contributed by atoms with Gasteiger partial charge >= 0.3 is 0 Å². The molecule has 1 saturated carbocycles. The molecular weight excluding hydrogens is 383 g/mol. The molecule has 1 saturated heterocycles. The second-order valence-corrected chi connectivity index (χ2v) is 8.23. The Morgan fingerprint density at radius 2 is 2.07 bits per heavy atom. The highest BCUT2D eigenvalue weighted by atomic mass is 19.1. The van der Waals surface area contributed by atoms with Gasteiger partial charge in [-0.3, -0.25) is 4.79 Å². The minimum absolute atomic E-state index is 0.0668. The number of halogens is 1. The van der Waals surface area contributed by atoms with Gasteiger partial charge in [-0.25, -0.2) is 14.4 Å². The first-order valence-electron chi connectivity index (χ1n) is 10.4. The molecule has 1 unspecified atom stereocenters. The van der Waals surface area contributed by atoms with E-state index in [4.69, 9.17) is 9.51 Å². The van der Waals surface area contributed by atoms with E-state index in [0.717, 1.165) is 48.5 Å². The van der Waals surface area contributed by atoms with Crippen LogP contribution < -0.4 is 0 Å². The van der Waals surface area contributed by atoms with Crippen molar-refractivity contribution in [2.45, 2.75) is 44.4 Å². The number of likely N-dealkylation sites (tertiary alicyclic amines) is 1. The molecule has 2 fully saturated rings. The van der Waals surface area contributed by atoms with Crippen molar-refractivity contribution >= 4 is 5.91 Å². The van der Waals surface area contributed by atoms with Gasteiger partial charge in [0.1, 0.15) is 11.6 Å². The van der Waals surface area contributed by atoms with Crippen LogP contribution in [0.1, 0.15) is 65.1 Å². The summed E-state index contributed by atoms with van der Waals surface area (Å²) in [5, 5.41) is 4.01. The van der Waals surface area contributed by atoms with Crippen LogP contribution in [0.15, 0.2) is 41.1 Å². The molecule has 6 nitrogen and oxygen atoms in total. The van der Waals surface area contributed by atoms with Crippen molar-refractivity contribution < 1.29 is 13.7 Å². The first kappa shape index (κ1) is 18.9. The molecule has 2 aromatic heterocycles. The fourth-order valence-corrected chi connectivity index (χ4v) is 4.13. The molecule has 30 heavy (non-hydrogen) atoms. The van der Waals surface area contributed by atoms with E-state index >= 15 is 0 Å². The summed E-state index contributed by atoms with van der Waals surface area (Å²) in [6.45, 7) is 3.08. The summed E-state index contributed by atoms with van der Waals surface area (Å²) in [5.41, 5.74) is 2.93. The summed E-state index contributed by atoms with van der Waals surface area (Å²) < 4.78 is 19.1. The fourth-order valence-electron chi connectivity index (χ4n) is 4.13. The zero-order valence-electron chi connectivity index (χ0n) is 16.8. The van der Waals surface area contributed by atoms with E-state index in [1.54, 1.807) is 17.0 Å². The number of carbonyl (C=O) groups is 1. The number of rotatable bonds is 4. The van der Waals surface area contributed by atoms with Gasteiger partial charge in [0, 0.05) is 42.8 Å². The van der Waals surface area contributed by atoms with Crippen molar-refractivity contribution in [3.63, 3.8) is 0 Å². The van der Waals surface area contributed by atoms with Gasteiger partial charge in [-0.05, 0) is 50.8 Å². The van der Waals surface area contributed by atoms with Crippen molar-refractivity contribution in [3.8, 4) is 11.3 Å². The minimum atomic E-state index is -0.401. The maximum absolute atomic E-state index is 13.6. The van der Waals surface area contributed by atoms with E-state index in [0.29, 0.717) is 30.3 Å². The molecule has 154 valence electrons. The summed E-state index contributed by atoms with van der Waals surface area (Å²) in [6, 6.07) is 7.76. The normalized spacial score (nSPS) is 19.1. The Morgan fingerprint density at radius 1 is 1.20 bits per heavy atom. The monoisotopic (exact) mass is 406 g/mol. The minimum Gasteiger partial charge on any atom is -0.356 e. The summed E-state index contributed by atoms with van der Waals surface area (Å²) in [5.74, 6) is 1.48. The molecule has 5 rings (SSSR count). The predicted molar refractivity (Wildman–Crippen MR) is 109 cm³/mol. The lowest BCUT2D eigenvalue weighted by Gasteiger charge is -2.33. The summed E-state index contributed by atoms with van der Waals surface area (Å²) in [7, 11) is 0. The third-order valence-electron chi connectivity index (χ3n) is 5.84. The highest BCUT2D eigenvalue weighted by Gasteiger charge is 2.32. The SMILES string of the molecule is Cc1cc(-c2cnc(C3CC3)nc2C2CCCN(C(=O)c3cccc(F)c3)C2)on1. The Bertz CT molecular complexity index is 1090. The number of nitrogens with zero attached hydrogens (tertiary/aromatic N) is 4. The highest BCUT2D eigenvalue weighted by Crippen LogP contribution is 2.40. The lowest BCUT2D eigenvalue weighted by atomic mass is 9.90. The molecule has 0 radical (unpaired) electrons. The van der Waals surface area contributed by atoms with Crippen LogP contribution in [-0.2, 0) is 0 Å². The maximum Gasteiger partial charge on any atom is 0.253 e. The zero-order chi connectivity index (χ0) is 20.7. The summed E-state index contributed by atoms with van der Waals surface area (Å²) >= 11 is 0. The van der Waals surface area contributed by atoms with E-state index in [-0.39, 0.29) is 11.8 Å². The topological polar surface area (TPSA) is 72.1 Å². The smallest absolute Gasteiger partial charge is 0.253 e. The number of aromatic nitrogens is 3. The highest BCUT2D eigenvalue weighted by molar-refractivity contribution is 5.94. The first-order valence-corrected chi connectivity index (χ1v) is 10.4. The number of hydrogen-bond donors (Lipinski definition) is 0. The van der Waals surface area contributed by atoms with Crippen LogP contribution in [0.2, 0.25) is 0 Å². The Balaban J connectivity index is 1.46. The molecule has 3 aromatic rings. The second-order valence-electron chi connectivity index (χ2n) is 8.23. The van der Waals surface area contributed by atoms with Crippen molar-refractivity contribution in [1.29, 1.82) is 0 Å². The fraction of sp³-hybridized carbons (Fsp3) is 0.391. The van der Waals surface area contributed by atoms with E-state index in [1.165, 1.54) is 12.1 Å². The molecule has 1 aliphatic heterocycles. The Hall–Kier alpha value is -3.09. The molecule has 0 N–H and O–H groups in total. The van der Waals surface area contributed by atoms with Crippen LogP contribution in [0.3, 0.4) is 0 Å². The van der Waals surface area contributed by atoms with E-state index in [9.17, 15) is 9.18 Å². The summed E-state index contributed by atoms with van der Waals surface area (Å²) in [6.07, 6.45) is 5.87. The standard InChI is InChI=1S/C23H23FN4O2/c1-14-10-20(30-27-14)19-12-25-22(15-7-8-15)26-21(19)17-5-3-9-28(13-17)23(29)16-4-2-6-18(24)11-16/h2,4,6,10-12,15,17H,3,5,7-9,13H2,1H3. The third kappa shape index (κ3) is 3.72. The molecule has 0 bridgehead atoms. The van der Waals surface area contributed by atoms with E-state index in [1.807, 2.05) is 19.2 Å². The van der Waals surface area contributed by atoms with Gasteiger partial charge in [0.15, 0.2) is 5.76 Å². The average Bonchev–Trinajstić information content (AvgIpc) is 3.53. The Labute approximate surface area is 174 Å². The van der Waals surface area contributed by atoms with E-state index < -0.39 is 5.82 Å². The lowest BCUT2D eigenvalue weighted by Crippen LogP contribution is -2.39. The molecule has 1 amide bonds.